The largest absolute Gasteiger partial charge is 0.481 e. The van der Waals surface area contributed by atoms with Crippen LogP contribution >= 0.6 is 0 Å². The van der Waals surface area contributed by atoms with Gasteiger partial charge in [0.2, 0.25) is 5.65 Å². The number of carbonyl (C=O) groups is 1. The molecule has 0 amide bonds. The molecule has 2 N–H and O–H groups in total. The van der Waals surface area contributed by atoms with Gasteiger partial charge in [-0.2, -0.15) is 0 Å². The predicted octanol–water partition coefficient (Wildman–Crippen LogP) is 1.49. The first-order valence-corrected chi connectivity index (χ1v) is 6.81. The lowest BCUT2D eigenvalue weighted by Gasteiger charge is -2.27. The predicted molar refractivity (Wildman–Crippen MR) is 72.5 cm³/mol. The molecule has 0 spiro atoms. The number of anilines is 1. The Labute approximate surface area is 116 Å². The zero-order valence-electron chi connectivity index (χ0n) is 11.3. The first kappa shape index (κ1) is 12.8. The number of rotatable bonds is 3. The highest BCUT2D eigenvalue weighted by Gasteiger charge is 2.27. The van der Waals surface area contributed by atoms with E-state index < -0.39 is 5.97 Å². The molecule has 1 aliphatic rings. The normalized spacial score (nSPS) is 22.9. The third kappa shape index (κ3) is 2.31. The quantitative estimate of drug-likeness (QED) is 0.881. The monoisotopic (exact) mass is 275 g/mol. The highest BCUT2D eigenvalue weighted by atomic mass is 16.4. The minimum absolute atomic E-state index is 0.126. The van der Waals surface area contributed by atoms with E-state index in [1.165, 1.54) is 0 Å². The van der Waals surface area contributed by atoms with Crippen LogP contribution in [0.4, 0.5) is 5.82 Å². The Morgan fingerprint density at radius 1 is 1.45 bits per heavy atom. The van der Waals surface area contributed by atoms with Gasteiger partial charge in [-0.3, -0.25) is 9.20 Å². The van der Waals surface area contributed by atoms with Gasteiger partial charge in [-0.1, -0.05) is 6.42 Å². The number of hydrogen-bond acceptors (Lipinski definition) is 5. The van der Waals surface area contributed by atoms with Crippen LogP contribution in [0.25, 0.3) is 5.65 Å². The van der Waals surface area contributed by atoms with Crippen LogP contribution in [0.1, 0.15) is 31.5 Å². The van der Waals surface area contributed by atoms with Gasteiger partial charge in [0.15, 0.2) is 5.82 Å². The number of carboxylic acids is 1. The second-order valence-corrected chi connectivity index (χ2v) is 5.26. The fourth-order valence-corrected chi connectivity index (χ4v) is 2.78. The van der Waals surface area contributed by atoms with Crippen molar-refractivity contribution in [3.8, 4) is 0 Å². The Kier molecular flexibility index (Phi) is 3.25. The summed E-state index contributed by atoms with van der Waals surface area (Å²) >= 11 is 0. The van der Waals surface area contributed by atoms with Gasteiger partial charge >= 0.3 is 5.97 Å². The van der Waals surface area contributed by atoms with Crippen molar-refractivity contribution < 1.29 is 9.90 Å². The second kappa shape index (κ2) is 5.07. The summed E-state index contributed by atoms with van der Waals surface area (Å²) < 4.78 is 1.87. The number of hydrogen-bond donors (Lipinski definition) is 2. The Morgan fingerprint density at radius 3 is 3.10 bits per heavy atom. The molecule has 7 nitrogen and oxygen atoms in total. The summed E-state index contributed by atoms with van der Waals surface area (Å²) in [7, 11) is 0. The number of aliphatic carboxylic acids is 1. The first-order chi connectivity index (χ1) is 9.65. The van der Waals surface area contributed by atoms with Gasteiger partial charge < -0.3 is 10.4 Å². The summed E-state index contributed by atoms with van der Waals surface area (Å²) in [6, 6.07) is 0.126. The van der Waals surface area contributed by atoms with Crippen LogP contribution in [0.3, 0.4) is 0 Å². The van der Waals surface area contributed by atoms with E-state index in [0.717, 1.165) is 25.1 Å². The molecule has 7 heteroatoms. The van der Waals surface area contributed by atoms with Crippen molar-refractivity contribution in [1.29, 1.82) is 0 Å². The molecule has 0 aliphatic heterocycles. The number of aromatic nitrogens is 4. The Balaban J connectivity index is 1.81. The molecular formula is C13H17N5O2. The average molecular weight is 275 g/mol. The van der Waals surface area contributed by atoms with Crippen LogP contribution in [-0.4, -0.2) is 36.7 Å². The van der Waals surface area contributed by atoms with E-state index in [-0.39, 0.29) is 12.0 Å². The van der Waals surface area contributed by atoms with Gasteiger partial charge in [-0.25, -0.2) is 4.98 Å². The van der Waals surface area contributed by atoms with Crippen molar-refractivity contribution >= 4 is 17.4 Å². The number of carboxylic acid groups (broad SMARTS) is 1. The van der Waals surface area contributed by atoms with Crippen LogP contribution in [0.5, 0.6) is 0 Å². The highest BCUT2D eigenvalue weighted by molar-refractivity contribution is 5.70. The molecule has 3 rings (SSSR count). The van der Waals surface area contributed by atoms with Crippen LogP contribution in [0.2, 0.25) is 0 Å². The fourth-order valence-electron chi connectivity index (χ4n) is 2.78. The lowest BCUT2D eigenvalue weighted by atomic mass is 9.86. The van der Waals surface area contributed by atoms with Gasteiger partial charge in [-0.15, -0.1) is 10.2 Å². The van der Waals surface area contributed by atoms with Crippen molar-refractivity contribution in [3.05, 3.63) is 18.2 Å². The Bertz CT molecular complexity index is 639. The lowest BCUT2D eigenvalue weighted by Crippen LogP contribution is -2.31. The van der Waals surface area contributed by atoms with Crippen LogP contribution in [0.15, 0.2) is 12.4 Å². The minimum atomic E-state index is -0.707. The van der Waals surface area contributed by atoms with Crippen LogP contribution in [-0.2, 0) is 4.79 Å². The highest BCUT2D eigenvalue weighted by Crippen LogP contribution is 2.27. The fraction of sp³-hybridized carbons (Fsp3) is 0.538. The molecule has 0 radical (unpaired) electrons. The van der Waals surface area contributed by atoms with Crippen molar-refractivity contribution in [3.63, 3.8) is 0 Å². The van der Waals surface area contributed by atoms with Crippen molar-refractivity contribution in [1.82, 2.24) is 19.6 Å². The van der Waals surface area contributed by atoms with Gasteiger partial charge in [0, 0.05) is 18.4 Å². The number of fused-ring (bicyclic) bond motifs is 1. The molecule has 1 fully saturated rings. The van der Waals surface area contributed by atoms with Gasteiger partial charge in [0.25, 0.3) is 0 Å². The summed E-state index contributed by atoms with van der Waals surface area (Å²) in [6.07, 6.45) is 6.78. The zero-order chi connectivity index (χ0) is 14.1. The van der Waals surface area contributed by atoms with E-state index in [1.54, 1.807) is 6.20 Å². The van der Waals surface area contributed by atoms with Gasteiger partial charge in [-0.05, 0) is 26.2 Å². The molecule has 106 valence electrons. The zero-order valence-corrected chi connectivity index (χ0v) is 11.3. The van der Waals surface area contributed by atoms with Crippen molar-refractivity contribution in [2.75, 3.05) is 5.32 Å². The smallest absolute Gasteiger partial charge is 0.306 e. The average Bonchev–Trinajstić information content (AvgIpc) is 2.82. The summed E-state index contributed by atoms with van der Waals surface area (Å²) in [5.74, 6) is 0.503. The topological polar surface area (TPSA) is 92.4 Å². The number of aryl methyl sites for hydroxylation is 1. The molecule has 2 atom stereocenters. The Hall–Kier alpha value is -2.18. The number of nitrogens with zero attached hydrogens (tertiary/aromatic N) is 4. The molecule has 2 heterocycles. The summed E-state index contributed by atoms with van der Waals surface area (Å²) in [6.45, 7) is 1.88. The maximum absolute atomic E-state index is 11.1. The van der Waals surface area contributed by atoms with E-state index >= 15 is 0 Å². The first-order valence-electron chi connectivity index (χ1n) is 6.81. The molecule has 1 aliphatic carbocycles. The molecule has 0 saturated heterocycles. The van der Waals surface area contributed by atoms with E-state index in [4.69, 9.17) is 5.11 Å². The Morgan fingerprint density at radius 2 is 2.30 bits per heavy atom. The third-order valence-corrected chi connectivity index (χ3v) is 3.86. The molecule has 2 unspecified atom stereocenters. The molecular weight excluding hydrogens is 258 g/mol. The van der Waals surface area contributed by atoms with Crippen molar-refractivity contribution in [2.45, 2.75) is 38.6 Å². The maximum atomic E-state index is 11.1. The van der Waals surface area contributed by atoms with Gasteiger partial charge in [0.1, 0.15) is 5.82 Å². The summed E-state index contributed by atoms with van der Waals surface area (Å²) in [5.41, 5.74) is 0.683. The van der Waals surface area contributed by atoms with Crippen LogP contribution < -0.4 is 5.32 Å². The van der Waals surface area contributed by atoms with Gasteiger partial charge in [0.05, 0.1) is 5.92 Å². The van der Waals surface area contributed by atoms with E-state index in [2.05, 4.69) is 20.5 Å². The van der Waals surface area contributed by atoms with Crippen molar-refractivity contribution in [2.24, 2.45) is 5.92 Å². The second-order valence-electron chi connectivity index (χ2n) is 5.26. The minimum Gasteiger partial charge on any atom is -0.481 e. The number of nitrogens with one attached hydrogen (secondary N) is 1. The summed E-state index contributed by atoms with van der Waals surface area (Å²) in [4.78, 5) is 15.4. The van der Waals surface area contributed by atoms with E-state index in [9.17, 15) is 4.79 Å². The van der Waals surface area contributed by atoms with E-state index in [0.29, 0.717) is 17.9 Å². The maximum Gasteiger partial charge on any atom is 0.306 e. The summed E-state index contributed by atoms with van der Waals surface area (Å²) in [5, 5.41) is 20.6. The molecule has 2 aromatic rings. The van der Waals surface area contributed by atoms with Crippen LogP contribution in [0, 0.1) is 12.8 Å². The molecule has 0 aromatic carbocycles. The SMILES string of the molecule is Cc1nnc2c(NC3CCCC(C(=O)O)C3)nccn12. The molecule has 0 bridgehead atoms. The molecule has 1 saturated carbocycles. The van der Waals surface area contributed by atoms with E-state index in [1.807, 2.05) is 17.5 Å². The molecule has 20 heavy (non-hydrogen) atoms. The standard InChI is InChI=1S/C13H17N5O2/c1-8-16-17-12-11(14-5-6-18(8)12)15-10-4-2-3-9(7-10)13(19)20/h5-6,9-10H,2-4,7H2,1H3,(H,14,15)(H,19,20). The lowest BCUT2D eigenvalue weighted by molar-refractivity contribution is -0.142. The molecule has 2 aromatic heterocycles. The third-order valence-electron chi connectivity index (χ3n) is 3.86.